The number of anilines is 2. The number of hydrogen-bond donors (Lipinski definition) is 2. The van der Waals surface area contributed by atoms with Gasteiger partial charge in [0.25, 0.3) is 0 Å². The van der Waals surface area contributed by atoms with Crippen molar-refractivity contribution in [2.45, 2.75) is 33.9 Å². The van der Waals surface area contributed by atoms with Gasteiger partial charge in [-0.05, 0) is 62.3 Å². The molecule has 0 radical (unpaired) electrons. The Kier molecular flexibility index (Phi) is 7.59. The van der Waals surface area contributed by atoms with E-state index in [1.165, 1.54) is 13.2 Å². The van der Waals surface area contributed by atoms with Crippen molar-refractivity contribution in [3.8, 4) is 5.75 Å². The van der Waals surface area contributed by atoms with Crippen molar-refractivity contribution in [2.75, 3.05) is 17.7 Å². The van der Waals surface area contributed by atoms with Gasteiger partial charge in [0.15, 0.2) is 5.11 Å². The number of esters is 1. The van der Waals surface area contributed by atoms with Crippen molar-refractivity contribution in [2.24, 2.45) is 0 Å². The highest BCUT2D eigenvalue weighted by Crippen LogP contribution is 2.28. The Morgan fingerprint density at radius 3 is 2.58 bits per heavy atom. The van der Waals surface area contributed by atoms with E-state index in [0.717, 1.165) is 16.8 Å². The molecule has 2 aromatic carbocycles. The third kappa shape index (κ3) is 5.83. The molecule has 3 rings (SSSR count). The molecule has 0 bridgehead atoms. The lowest BCUT2D eigenvalue weighted by molar-refractivity contribution is -0.0493. The Hall–Kier alpha value is -3.53. The molecule has 0 unspecified atom stereocenters. The highest BCUT2D eigenvalue weighted by molar-refractivity contribution is 7.80. The van der Waals surface area contributed by atoms with Gasteiger partial charge in [-0.3, -0.25) is 4.68 Å². The Morgan fingerprint density at radius 2 is 1.88 bits per heavy atom. The monoisotopic (exact) mass is 474 g/mol. The molecular formula is C23H24F2N4O3S. The van der Waals surface area contributed by atoms with Crippen LogP contribution in [0.2, 0.25) is 0 Å². The minimum Gasteiger partial charge on any atom is -0.465 e. The number of ether oxygens (including phenoxy) is 2. The number of nitrogens with one attached hydrogen (secondary N) is 2. The van der Waals surface area contributed by atoms with E-state index in [2.05, 4.69) is 20.5 Å². The second-order valence-electron chi connectivity index (χ2n) is 7.31. The number of aromatic nitrogens is 2. The number of aryl methyl sites for hydroxylation is 2. The fourth-order valence-corrected chi connectivity index (χ4v) is 3.57. The predicted octanol–water partition coefficient (Wildman–Crippen LogP) is 5.05. The van der Waals surface area contributed by atoms with Crippen LogP contribution in [0, 0.1) is 20.8 Å². The third-order valence-corrected chi connectivity index (χ3v) is 5.17. The van der Waals surface area contributed by atoms with Crippen LogP contribution >= 0.6 is 12.2 Å². The molecule has 0 fully saturated rings. The van der Waals surface area contributed by atoms with E-state index in [-0.39, 0.29) is 10.9 Å². The summed E-state index contributed by atoms with van der Waals surface area (Å²) in [5.41, 5.74) is 4.44. The summed E-state index contributed by atoms with van der Waals surface area (Å²) in [6.07, 6.45) is 0. The zero-order chi connectivity index (χ0) is 24.1. The number of benzene rings is 2. The molecule has 0 aliphatic carbocycles. The average molecular weight is 475 g/mol. The zero-order valence-corrected chi connectivity index (χ0v) is 19.4. The van der Waals surface area contributed by atoms with Crippen molar-refractivity contribution in [1.29, 1.82) is 0 Å². The van der Waals surface area contributed by atoms with Crippen molar-refractivity contribution >= 4 is 34.7 Å². The van der Waals surface area contributed by atoms with Gasteiger partial charge >= 0.3 is 12.6 Å². The molecule has 7 nitrogen and oxygen atoms in total. The van der Waals surface area contributed by atoms with Gasteiger partial charge in [0.2, 0.25) is 0 Å². The van der Waals surface area contributed by atoms with E-state index < -0.39 is 12.6 Å². The van der Waals surface area contributed by atoms with Crippen LogP contribution in [0.25, 0.3) is 0 Å². The molecule has 0 atom stereocenters. The van der Waals surface area contributed by atoms with Crippen LogP contribution in [0.4, 0.5) is 20.2 Å². The molecule has 1 heterocycles. The standard InChI is InChI=1S/C23H24F2N4O3S/c1-13-9-10-18(19(11-13)32-22(24)25)26-23(33)27-20-14(2)28-29(15(20)3)12-16-7-5-6-8-17(16)21(30)31-4/h5-11,22H,12H2,1-4H3,(H2,26,27,33). The topological polar surface area (TPSA) is 77.4 Å². The molecule has 174 valence electrons. The van der Waals surface area contributed by atoms with Gasteiger partial charge < -0.3 is 20.1 Å². The summed E-state index contributed by atoms with van der Waals surface area (Å²) in [6.45, 7) is 2.85. The number of halogens is 2. The SMILES string of the molecule is COC(=O)c1ccccc1Cn1nc(C)c(NC(=S)Nc2ccc(C)cc2OC(F)F)c1C. The molecule has 0 aliphatic heterocycles. The van der Waals surface area contributed by atoms with Gasteiger partial charge in [0.05, 0.1) is 42.0 Å². The Balaban J connectivity index is 1.79. The fraction of sp³-hybridized carbons (Fsp3) is 0.261. The molecule has 33 heavy (non-hydrogen) atoms. The van der Waals surface area contributed by atoms with Crippen molar-refractivity contribution in [3.05, 3.63) is 70.5 Å². The average Bonchev–Trinajstić information content (AvgIpc) is 3.02. The molecule has 3 aromatic rings. The number of carbonyl (C=O) groups excluding carboxylic acids is 1. The quantitative estimate of drug-likeness (QED) is 0.366. The van der Waals surface area contributed by atoms with Gasteiger partial charge in [0, 0.05) is 0 Å². The predicted molar refractivity (Wildman–Crippen MR) is 126 cm³/mol. The van der Waals surface area contributed by atoms with E-state index in [1.807, 2.05) is 26.0 Å². The van der Waals surface area contributed by atoms with E-state index >= 15 is 0 Å². The second-order valence-corrected chi connectivity index (χ2v) is 7.72. The minimum absolute atomic E-state index is 0.00212. The van der Waals surface area contributed by atoms with Crippen LogP contribution in [-0.2, 0) is 11.3 Å². The number of hydrogen-bond acceptors (Lipinski definition) is 5. The third-order valence-electron chi connectivity index (χ3n) is 4.96. The summed E-state index contributed by atoms with van der Waals surface area (Å²) < 4.78 is 36.7. The van der Waals surface area contributed by atoms with Gasteiger partial charge in [-0.15, -0.1) is 0 Å². The molecule has 0 spiro atoms. The summed E-state index contributed by atoms with van der Waals surface area (Å²) in [5, 5.41) is 10.7. The van der Waals surface area contributed by atoms with Gasteiger partial charge in [-0.2, -0.15) is 13.9 Å². The number of alkyl halides is 2. The molecule has 2 N–H and O–H groups in total. The first kappa shape index (κ1) is 24.1. The fourth-order valence-electron chi connectivity index (χ4n) is 3.35. The minimum atomic E-state index is -2.95. The van der Waals surface area contributed by atoms with Gasteiger partial charge in [-0.1, -0.05) is 24.3 Å². The lowest BCUT2D eigenvalue weighted by Gasteiger charge is -2.15. The van der Waals surface area contributed by atoms with Crippen LogP contribution in [0.5, 0.6) is 5.75 Å². The number of carbonyl (C=O) groups is 1. The summed E-state index contributed by atoms with van der Waals surface area (Å²) >= 11 is 5.39. The Labute approximate surface area is 195 Å². The first-order valence-electron chi connectivity index (χ1n) is 10.0. The molecule has 0 saturated carbocycles. The summed E-state index contributed by atoms with van der Waals surface area (Å²) in [7, 11) is 1.34. The molecule has 0 aliphatic rings. The number of rotatable bonds is 7. The summed E-state index contributed by atoms with van der Waals surface area (Å²) in [5.74, 6) is -0.423. The highest BCUT2D eigenvalue weighted by atomic mass is 32.1. The van der Waals surface area contributed by atoms with Crippen molar-refractivity contribution in [1.82, 2.24) is 9.78 Å². The van der Waals surface area contributed by atoms with Crippen LogP contribution in [0.15, 0.2) is 42.5 Å². The molecule has 0 amide bonds. The normalized spacial score (nSPS) is 10.8. The van der Waals surface area contributed by atoms with Crippen LogP contribution in [0.1, 0.15) is 32.9 Å². The Bertz CT molecular complexity index is 1180. The maximum atomic E-state index is 12.8. The Morgan fingerprint density at radius 1 is 1.15 bits per heavy atom. The summed E-state index contributed by atoms with van der Waals surface area (Å²) in [4.78, 5) is 12.1. The van der Waals surface area contributed by atoms with E-state index in [0.29, 0.717) is 29.2 Å². The smallest absolute Gasteiger partial charge is 0.387 e. The lowest BCUT2D eigenvalue weighted by atomic mass is 10.1. The second kappa shape index (κ2) is 10.4. The number of methoxy groups -OCH3 is 1. The lowest BCUT2D eigenvalue weighted by Crippen LogP contribution is -2.21. The van der Waals surface area contributed by atoms with E-state index in [1.54, 1.807) is 35.9 Å². The maximum absolute atomic E-state index is 12.8. The molecule has 10 heteroatoms. The highest BCUT2D eigenvalue weighted by Gasteiger charge is 2.17. The first-order valence-corrected chi connectivity index (χ1v) is 10.4. The van der Waals surface area contributed by atoms with Crippen molar-refractivity contribution < 1.29 is 23.0 Å². The van der Waals surface area contributed by atoms with Gasteiger partial charge in [0.1, 0.15) is 5.75 Å². The summed E-state index contributed by atoms with van der Waals surface area (Å²) in [6, 6.07) is 12.0. The zero-order valence-electron chi connectivity index (χ0n) is 18.6. The molecule has 1 aromatic heterocycles. The first-order chi connectivity index (χ1) is 15.7. The van der Waals surface area contributed by atoms with Crippen LogP contribution in [-0.4, -0.2) is 34.6 Å². The largest absolute Gasteiger partial charge is 0.465 e. The number of thiocarbonyl (C=S) groups is 1. The van der Waals surface area contributed by atoms with Gasteiger partial charge in [-0.25, -0.2) is 4.79 Å². The molecule has 0 saturated heterocycles. The van der Waals surface area contributed by atoms with Crippen molar-refractivity contribution in [3.63, 3.8) is 0 Å². The van der Waals surface area contributed by atoms with E-state index in [9.17, 15) is 13.6 Å². The van der Waals surface area contributed by atoms with Crippen LogP contribution < -0.4 is 15.4 Å². The number of nitrogens with zero attached hydrogens (tertiary/aromatic N) is 2. The van der Waals surface area contributed by atoms with Crippen LogP contribution in [0.3, 0.4) is 0 Å². The van der Waals surface area contributed by atoms with E-state index in [4.69, 9.17) is 17.0 Å². The maximum Gasteiger partial charge on any atom is 0.387 e. The molecular weight excluding hydrogens is 450 g/mol.